The van der Waals surface area contributed by atoms with Crippen LogP contribution in [0.4, 0.5) is 4.79 Å². The second-order valence-electron chi connectivity index (χ2n) is 8.33. The first-order valence-electron chi connectivity index (χ1n) is 11.5. The van der Waals surface area contributed by atoms with Crippen molar-refractivity contribution in [3.8, 4) is 5.75 Å². The summed E-state index contributed by atoms with van der Waals surface area (Å²) in [5.74, 6) is -1.54. The minimum Gasteiger partial charge on any atom is -0.507 e. The zero-order chi connectivity index (χ0) is 25.9. The number of thiophene rings is 1. The van der Waals surface area contributed by atoms with Gasteiger partial charge in [0, 0.05) is 15.6 Å². The van der Waals surface area contributed by atoms with Gasteiger partial charge in [-0.15, -0.1) is 11.3 Å². The molecule has 37 heavy (non-hydrogen) atoms. The average molecular weight is 515 g/mol. The van der Waals surface area contributed by atoms with Crippen LogP contribution in [0.5, 0.6) is 5.75 Å². The van der Waals surface area contributed by atoms with Crippen molar-refractivity contribution in [2.75, 3.05) is 0 Å². The molecule has 9 heteroatoms. The van der Waals surface area contributed by atoms with Gasteiger partial charge in [-0.05, 0) is 42.1 Å². The number of benzene rings is 3. The highest BCUT2D eigenvalue weighted by molar-refractivity contribution is 7.19. The molecule has 2 aromatic heterocycles. The van der Waals surface area contributed by atoms with Crippen LogP contribution in [-0.2, 0) is 11.4 Å². The van der Waals surface area contributed by atoms with Crippen LogP contribution >= 0.6 is 11.3 Å². The molecular formula is C28H22N2O6S. The standard InChI is InChI=1S/C28H22N2O6S/c1-17(25-14-19-10-5-6-13-24(19)37-25)30(35-16-18-8-3-2-4-9-18)28(34)29-27(33)23-15-21(32)26-20(31)11-7-12-22(26)36-23/h2-15,17,31H,16H2,1H3,(H,29,33,34). The summed E-state index contributed by atoms with van der Waals surface area (Å²) in [6.07, 6.45) is 0. The van der Waals surface area contributed by atoms with E-state index in [-0.39, 0.29) is 29.1 Å². The maximum absolute atomic E-state index is 13.3. The first kappa shape index (κ1) is 24.2. The average Bonchev–Trinajstić information content (AvgIpc) is 3.33. The Kier molecular flexibility index (Phi) is 6.72. The van der Waals surface area contributed by atoms with Crippen molar-refractivity contribution in [1.29, 1.82) is 0 Å². The molecule has 0 aliphatic carbocycles. The van der Waals surface area contributed by atoms with Crippen LogP contribution in [0.15, 0.2) is 94.1 Å². The van der Waals surface area contributed by atoms with Crippen molar-refractivity contribution in [1.82, 2.24) is 10.4 Å². The number of amides is 3. The molecule has 0 saturated carbocycles. The fraction of sp³-hybridized carbons (Fsp3) is 0.107. The summed E-state index contributed by atoms with van der Waals surface area (Å²) in [4.78, 5) is 45.4. The summed E-state index contributed by atoms with van der Waals surface area (Å²) in [5, 5.41) is 14.3. The number of nitrogens with one attached hydrogen (secondary N) is 1. The van der Waals surface area contributed by atoms with E-state index in [9.17, 15) is 19.5 Å². The van der Waals surface area contributed by atoms with Crippen molar-refractivity contribution in [2.24, 2.45) is 0 Å². The molecule has 0 saturated heterocycles. The summed E-state index contributed by atoms with van der Waals surface area (Å²) < 4.78 is 6.56. The van der Waals surface area contributed by atoms with Crippen molar-refractivity contribution in [3.05, 3.63) is 111 Å². The Balaban J connectivity index is 1.41. The molecule has 2 heterocycles. The van der Waals surface area contributed by atoms with Crippen molar-refractivity contribution in [2.45, 2.75) is 19.6 Å². The van der Waals surface area contributed by atoms with Crippen molar-refractivity contribution >= 4 is 44.3 Å². The number of phenolic OH excluding ortho intramolecular Hbond substituents is 1. The zero-order valence-electron chi connectivity index (χ0n) is 19.7. The number of carbonyl (C=O) groups excluding carboxylic acids is 2. The molecule has 0 aliphatic heterocycles. The van der Waals surface area contributed by atoms with Crippen LogP contribution < -0.4 is 10.7 Å². The number of hydrogen-bond donors (Lipinski definition) is 2. The third-order valence-electron chi connectivity index (χ3n) is 5.80. The quantitative estimate of drug-likeness (QED) is 0.279. The summed E-state index contributed by atoms with van der Waals surface area (Å²) >= 11 is 1.52. The third kappa shape index (κ3) is 5.09. The van der Waals surface area contributed by atoms with Gasteiger partial charge in [0.1, 0.15) is 23.3 Å². The molecule has 0 bridgehead atoms. The van der Waals surface area contributed by atoms with Crippen LogP contribution in [-0.4, -0.2) is 22.1 Å². The molecule has 1 atom stereocenters. The van der Waals surface area contributed by atoms with Crippen LogP contribution in [0.2, 0.25) is 0 Å². The predicted octanol–water partition coefficient (Wildman–Crippen LogP) is 5.76. The van der Waals surface area contributed by atoms with Gasteiger partial charge in [-0.1, -0.05) is 54.6 Å². The van der Waals surface area contributed by atoms with Gasteiger partial charge in [0.25, 0.3) is 5.91 Å². The molecule has 0 spiro atoms. The minimum absolute atomic E-state index is 0.0286. The van der Waals surface area contributed by atoms with E-state index >= 15 is 0 Å². The number of imide groups is 1. The lowest BCUT2D eigenvalue weighted by atomic mass is 10.2. The molecule has 186 valence electrons. The highest BCUT2D eigenvalue weighted by atomic mass is 32.1. The molecule has 2 N–H and O–H groups in total. The van der Waals surface area contributed by atoms with E-state index in [4.69, 9.17) is 9.25 Å². The Labute approximate surface area is 215 Å². The summed E-state index contributed by atoms with van der Waals surface area (Å²) in [5.41, 5.74) is 0.268. The number of hydrogen-bond acceptors (Lipinski definition) is 7. The van der Waals surface area contributed by atoms with Crippen LogP contribution in [0.3, 0.4) is 0 Å². The van der Waals surface area contributed by atoms with Gasteiger partial charge < -0.3 is 9.52 Å². The predicted molar refractivity (Wildman–Crippen MR) is 140 cm³/mol. The zero-order valence-corrected chi connectivity index (χ0v) is 20.5. The molecule has 5 rings (SSSR count). The Morgan fingerprint density at radius 3 is 2.57 bits per heavy atom. The number of rotatable bonds is 6. The van der Waals surface area contributed by atoms with Gasteiger partial charge in [0.2, 0.25) is 0 Å². The van der Waals surface area contributed by atoms with Gasteiger partial charge in [-0.3, -0.25) is 19.7 Å². The van der Waals surface area contributed by atoms with Crippen molar-refractivity contribution in [3.63, 3.8) is 0 Å². The highest BCUT2D eigenvalue weighted by Gasteiger charge is 2.27. The number of hydroxylamine groups is 2. The largest absolute Gasteiger partial charge is 0.507 e. The van der Waals surface area contributed by atoms with E-state index in [0.29, 0.717) is 0 Å². The summed E-state index contributed by atoms with van der Waals surface area (Å²) in [6.45, 7) is 1.90. The maximum Gasteiger partial charge on any atom is 0.348 e. The minimum atomic E-state index is -0.913. The van der Waals surface area contributed by atoms with E-state index in [2.05, 4.69) is 5.32 Å². The monoisotopic (exact) mass is 514 g/mol. The number of nitrogens with zero attached hydrogens (tertiary/aromatic N) is 1. The van der Waals surface area contributed by atoms with Gasteiger partial charge in [0.15, 0.2) is 11.2 Å². The second-order valence-corrected chi connectivity index (χ2v) is 9.45. The normalized spacial score (nSPS) is 11.9. The first-order chi connectivity index (χ1) is 17.9. The van der Waals surface area contributed by atoms with Crippen LogP contribution in [0, 0.1) is 0 Å². The molecule has 5 aromatic rings. The van der Waals surface area contributed by atoms with E-state index in [1.54, 1.807) is 6.92 Å². The highest BCUT2D eigenvalue weighted by Crippen LogP contribution is 2.33. The Bertz CT molecular complexity index is 1630. The van der Waals surface area contributed by atoms with E-state index in [1.165, 1.54) is 29.5 Å². The van der Waals surface area contributed by atoms with E-state index in [1.807, 2.05) is 60.7 Å². The molecule has 0 fully saturated rings. The van der Waals surface area contributed by atoms with Gasteiger partial charge >= 0.3 is 6.03 Å². The number of carbonyl (C=O) groups is 2. The van der Waals surface area contributed by atoms with Crippen LogP contribution in [0.25, 0.3) is 21.1 Å². The Hall–Kier alpha value is -4.47. The van der Waals surface area contributed by atoms with Gasteiger partial charge in [0.05, 0.1) is 6.04 Å². The number of aromatic hydroxyl groups is 1. The molecule has 8 nitrogen and oxygen atoms in total. The molecule has 3 amide bonds. The maximum atomic E-state index is 13.3. The van der Waals surface area contributed by atoms with Crippen LogP contribution in [0.1, 0.15) is 34.0 Å². The fourth-order valence-corrected chi connectivity index (χ4v) is 5.00. The Morgan fingerprint density at radius 1 is 1.03 bits per heavy atom. The number of fused-ring (bicyclic) bond motifs is 2. The molecule has 1 unspecified atom stereocenters. The molecule has 3 aromatic carbocycles. The lowest BCUT2D eigenvalue weighted by Crippen LogP contribution is -2.44. The second kappa shape index (κ2) is 10.3. The molecule has 0 aliphatic rings. The lowest BCUT2D eigenvalue weighted by Gasteiger charge is -2.27. The SMILES string of the molecule is CC(c1cc2ccccc2s1)N(OCc1ccccc1)C(=O)NC(=O)c1cc(=O)c2c(O)cccc2o1. The van der Waals surface area contributed by atoms with Gasteiger partial charge in [-0.25, -0.2) is 4.79 Å². The van der Waals surface area contributed by atoms with Crippen molar-refractivity contribution < 1.29 is 24.0 Å². The number of phenols is 1. The summed E-state index contributed by atoms with van der Waals surface area (Å²) in [7, 11) is 0. The van der Waals surface area contributed by atoms with E-state index in [0.717, 1.165) is 31.7 Å². The third-order valence-corrected chi connectivity index (χ3v) is 7.08. The first-order valence-corrected chi connectivity index (χ1v) is 12.3. The number of urea groups is 1. The van der Waals surface area contributed by atoms with Gasteiger partial charge in [-0.2, -0.15) is 5.06 Å². The topological polar surface area (TPSA) is 109 Å². The van der Waals surface area contributed by atoms with E-state index < -0.39 is 23.4 Å². The summed E-state index contributed by atoms with van der Waals surface area (Å²) in [6, 6.07) is 23.1. The lowest BCUT2D eigenvalue weighted by molar-refractivity contribution is -0.151. The molecule has 0 radical (unpaired) electrons. The smallest absolute Gasteiger partial charge is 0.348 e. The molecular weight excluding hydrogens is 492 g/mol. The Morgan fingerprint density at radius 2 is 1.78 bits per heavy atom. The fourth-order valence-electron chi connectivity index (χ4n) is 3.91.